The number of aliphatic carboxylic acids is 1. The summed E-state index contributed by atoms with van der Waals surface area (Å²) in [5, 5.41) is 19.3. The standard InChI is InChI=1S/C22H25Cl2NO7/c1-4-14(5-2)31-19-11-15(7-8-18(19)26)32-21-16(23)9-13(10-17(21)24)25(12-20(27)28)22(29)30-6-3/h7-11,14,26H,4-6,12H2,1-3H3,(H,27,28). The third kappa shape index (κ3) is 6.58. The van der Waals surface area contributed by atoms with Gasteiger partial charge >= 0.3 is 12.1 Å². The predicted octanol–water partition coefficient (Wildman–Crippen LogP) is 6.11. The smallest absolute Gasteiger partial charge is 0.414 e. The van der Waals surface area contributed by atoms with Crippen molar-refractivity contribution in [1.29, 1.82) is 0 Å². The van der Waals surface area contributed by atoms with Crippen LogP contribution in [0.2, 0.25) is 10.0 Å². The Morgan fingerprint density at radius 1 is 1.06 bits per heavy atom. The molecule has 0 unspecified atom stereocenters. The molecule has 0 saturated heterocycles. The van der Waals surface area contributed by atoms with Crippen molar-refractivity contribution in [2.45, 2.75) is 39.7 Å². The molecular formula is C22H25Cl2NO7. The minimum atomic E-state index is -1.24. The summed E-state index contributed by atoms with van der Waals surface area (Å²) < 4.78 is 16.5. The topological polar surface area (TPSA) is 106 Å². The van der Waals surface area contributed by atoms with Crippen molar-refractivity contribution in [1.82, 2.24) is 0 Å². The SMILES string of the molecule is CCOC(=O)N(CC(=O)O)c1cc(Cl)c(Oc2ccc(O)c(OC(CC)CC)c2)c(Cl)c1. The van der Waals surface area contributed by atoms with E-state index in [0.29, 0.717) is 5.75 Å². The van der Waals surface area contributed by atoms with Gasteiger partial charge in [0.25, 0.3) is 0 Å². The number of phenolic OH excluding ortho intramolecular Hbond substituents is 1. The molecule has 10 heteroatoms. The molecule has 0 heterocycles. The van der Waals surface area contributed by atoms with Crippen LogP contribution in [0.3, 0.4) is 0 Å². The van der Waals surface area contributed by atoms with Gasteiger partial charge in [-0.25, -0.2) is 4.79 Å². The van der Waals surface area contributed by atoms with E-state index >= 15 is 0 Å². The highest BCUT2D eigenvalue weighted by Gasteiger charge is 2.23. The van der Waals surface area contributed by atoms with E-state index in [1.807, 2.05) is 13.8 Å². The lowest BCUT2D eigenvalue weighted by Crippen LogP contribution is -2.36. The monoisotopic (exact) mass is 485 g/mol. The molecule has 0 aliphatic carbocycles. The Labute approximate surface area is 196 Å². The Hall–Kier alpha value is -2.84. The molecule has 0 bridgehead atoms. The summed E-state index contributed by atoms with van der Waals surface area (Å²) in [6.45, 7) is 5.00. The number of nitrogens with zero attached hydrogens (tertiary/aromatic N) is 1. The van der Waals surface area contributed by atoms with E-state index in [4.69, 9.17) is 42.5 Å². The number of carbonyl (C=O) groups excluding carboxylic acids is 1. The van der Waals surface area contributed by atoms with Gasteiger partial charge < -0.3 is 24.4 Å². The first-order valence-electron chi connectivity index (χ1n) is 10.0. The summed E-state index contributed by atoms with van der Waals surface area (Å²) in [5.41, 5.74) is 0.136. The molecule has 2 N–H and O–H groups in total. The van der Waals surface area contributed by atoms with Crippen LogP contribution in [-0.2, 0) is 9.53 Å². The first kappa shape index (κ1) is 25.4. The van der Waals surface area contributed by atoms with Gasteiger partial charge in [-0.05, 0) is 44.0 Å². The molecule has 0 fully saturated rings. The number of anilines is 1. The van der Waals surface area contributed by atoms with Crippen LogP contribution in [0, 0.1) is 0 Å². The highest BCUT2D eigenvalue weighted by molar-refractivity contribution is 6.37. The summed E-state index contributed by atoms with van der Waals surface area (Å²) in [5.74, 6) is -0.603. The van der Waals surface area contributed by atoms with Crippen molar-refractivity contribution >= 4 is 41.0 Å². The lowest BCUT2D eigenvalue weighted by atomic mass is 10.2. The van der Waals surface area contributed by atoms with Gasteiger partial charge in [-0.3, -0.25) is 9.69 Å². The zero-order valence-corrected chi connectivity index (χ0v) is 19.4. The molecule has 0 aromatic heterocycles. The number of carboxylic acid groups (broad SMARTS) is 1. The Balaban J connectivity index is 2.34. The van der Waals surface area contributed by atoms with Crippen LogP contribution in [0.1, 0.15) is 33.6 Å². The number of amides is 1. The second-order valence-electron chi connectivity index (χ2n) is 6.71. The number of carbonyl (C=O) groups is 2. The van der Waals surface area contributed by atoms with Crippen molar-refractivity contribution in [3.8, 4) is 23.0 Å². The van der Waals surface area contributed by atoms with Gasteiger partial charge in [0.05, 0.1) is 28.4 Å². The average Bonchev–Trinajstić information content (AvgIpc) is 2.74. The van der Waals surface area contributed by atoms with Crippen molar-refractivity contribution in [2.75, 3.05) is 18.1 Å². The molecule has 174 valence electrons. The van der Waals surface area contributed by atoms with Crippen molar-refractivity contribution in [3.05, 3.63) is 40.4 Å². The fraction of sp³-hybridized carbons (Fsp3) is 0.364. The fourth-order valence-corrected chi connectivity index (χ4v) is 3.36. The Morgan fingerprint density at radius 2 is 1.69 bits per heavy atom. The second-order valence-corrected chi connectivity index (χ2v) is 7.52. The van der Waals surface area contributed by atoms with Gasteiger partial charge in [-0.2, -0.15) is 0 Å². The Kier molecular flexibility index (Phi) is 9.28. The molecule has 0 atom stereocenters. The maximum atomic E-state index is 12.2. The summed E-state index contributed by atoms with van der Waals surface area (Å²) in [6, 6.07) is 7.17. The molecule has 8 nitrogen and oxygen atoms in total. The molecule has 0 aliphatic rings. The van der Waals surface area contributed by atoms with Gasteiger partial charge in [-0.1, -0.05) is 37.0 Å². The van der Waals surface area contributed by atoms with Crippen LogP contribution >= 0.6 is 23.2 Å². The molecular weight excluding hydrogens is 461 g/mol. The Morgan fingerprint density at radius 3 is 2.22 bits per heavy atom. The zero-order valence-electron chi connectivity index (χ0n) is 17.9. The van der Waals surface area contributed by atoms with E-state index in [9.17, 15) is 14.7 Å². The molecule has 2 aromatic carbocycles. The van der Waals surface area contributed by atoms with Gasteiger partial charge in [0.15, 0.2) is 17.2 Å². The molecule has 0 saturated carbocycles. The molecule has 0 aliphatic heterocycles. The number of rotatable bonds is 10. The third-order valence-electron chi connectivity index (χ3n) is 4.43. The van der Waals surface area contributed by atoms with Gasteiger partial charge in [-0.15, -0.1) is 0 Å². The van der Waals surface area contributed by atoms with E-state index < -0.39 is 18.6 Å². The molecule has 1 amide bonds. The van der Waals surface area contributed by atoms with E-state index in [-0.39, 0.29) is 45.7 Å². The lowest BCUT2D eigenvalue weighted by molar-refractivity contribution is -0.135. The van der Waals surface area contributed by atoms with Crippen LogP contribution in [0.5, 0.6) is 23.0 Å². The maximum absolute atomic E-state index is 12.2. The number of ether oxygens (including phenoxy) is 3. The summed E-state index contributed by atoms with van der Waals surface area (Å²) in [7, 11) is 0. The number of benzene rings is 2. The van der Waals surface area contributed by atoms with Crippen LogP contribution < -0.4 is 14.4 Å². The van der Waals surface area contributed by atoms with E-state index in [1.165, 1.54) is 30.3 Å². The number of hydrogen-bond acceptors (Lipinski definition) is 6. The van der Waals surface area contributed by atoms with Crippen molar-refractivity contribution in [3.63, 3.8) is 0 Å². The van der Waals surface area contributed by atoms with Crippen molar-refractivity contribution < 1.29 is 34.0 Å². The summed E-state index contributed by atoms with van der Waals surface area (Å²) in [4.78, 5) is 24.2. The van der Waals surface area contributed by atoms with E-state index in [0.717, 1.165) is 17.7 Å². The number of hydrogen-bond donors (Lipinski definition) is 2. The maximum Gasteiger partial charge on any atom is 0.414 e. The van der Waals surface area contributed by atoms with Crippen LogP contribution in [0.4, 0.5) is 10.5 Å². The minimum absolute atomic E-state index is 0.0319. The first-order valence-corrected chi connectivity index (χ1v) is 10.8. The fourth-order valence-electron chi connectivity index (χ4n) is 2.80. The lowest BCUT2D eigenvalue weighted by Gasteiger charge is -2.21. The minimum Gasteiger partial charge on any atom is -0.504 e. The summed E-state index contributed by atoms with van der Waals surface area (Å²) >= 11 is 12.7. The van der Waals surface area contributed by atoms with Gasteiger partial charge in [0.1, 0.15) is 12.3 Å². The Bertz CT molecular complexity index is 940. The first-order chi connectivity index (χ1) is 15.2. The predicted molar refractivity (Wildman–Crippen MR) is 122 cm³/mol. The highest BCUT2D eigenvalue weighted by Crippen LogP contribution is 2.41. The van der Waals surface area contributed by atoms with E-state index in [1.54, 1.807) is 6.92 Å². The van der Waals surface area contributed by atoms with Crippen LogP contribution in [0.25, 0.3) is 0 Å². The molecule has 32 heavy (non-hydrogen) atoms. The average molecular weight is 486 g/mol. The van der Waals surface area contributed by atoms with Gasteiger partial charge in [0.2, 0.25) is 0 Å². The number of aromatic hydroxyl groups is 1. The third-order valence-corrected chi connectivity index (χ3v) is 4.99. The van der Waals surface area contributed by atoms with Crippen LogP contribution in [0.15, 0.2) is 30.3 Å². The second kappa shape index (κ2) is 11.7. The zero-order chi connectivity index (χ0) is 23.8. The van der Waals surface area contributed by atoms with Crippen molar-refractivity contribution in [2.24, 2.45) is 0 Å². The quantitative estimate of drug-likeness (QED) is 0.418. The van der Waals surface area contributed by atoms with Crippen LogP contribution in [-0.4, -0.2) is 41.5 Å². The van der Waals surface area contributed by atoms with Gasteiger partial charge in [0, 0.05) is 6.07 Å². The van der Waals surface area contributed by atoms with E-state index in [2.05, 4.69) is 0 Å². The normalized spacial score (nSPS) is 10.7. The molecule has 2 rings (SSSR count). The summed E-state index contributed by atoms with van der Waals surface area (Å²) in [6.07, 6.45) is 0.629. The highest BCUT2D eigenvalue weighted by atomic mass is 35.5. The number of phenols is 1. The molecule has 2 aromatic rings. The number of halogens is 2. The largest absolute Gasteiger partial charge is 0.504 e. The molecule has 0 radical (unpaired) electrons. The molecule has 0 spiro atoms. The number of carboxylic acids is 1.